The van der Waals surface area contributed by atoms with E-state index < -0.39 is 10.0 Å². The van der Waals surface area contributed by atoms with Crippen molar-refractivity contribution in [2.75, 3.05) is 0 Å². The number of halogens is 2. The van der Waals surface area contributed by atoms with Crippen LogP contribution in [0.25, 0.3) is 11.0 Å². The first-order valence-corrected chi connectivity index (χ1v) is 8.24. The van der Waals surface area contributed by atoms with Crippen LogP contribution in [0.2, 0.25) is 10.0 Å². The second-order valence-corrected chi connectivity index (χ2v) is 7.16. The van der Waals surface area contributed by atoms with Crippen molar-refractivity contribution in [2.24, 2.45) is 0 Å². The number of aromatic nitrogens is 2. The van der Waals surface area contributed by atoms with Crippen LogP contribution in [0.3, 0.4) is 0 Å². The first-order valence-electron chi connectivity index (χ1n) is 6.04. The average molecular weight is 341 g/mol. The summed E-state index contributed by atoms with van der Waals surface area (Å²) in [5.41, 5.74) is 1.66. The molecular weight excluding hydrogens is 331 g/mol. The first kappa shape index (κ1) is 14.4. The van der Waals surface area contributed by atoms with Crippen LogP contribution in [0, 0.1) is 6.92 Å². The summed E-state index contributed by atoms with van der Waals surface area (Å²) in [5.74, 6) is 0. The lowest BCUT2D eigenvalue weighted by Crippen LogP contribution is -2.13. The van der Waals surface area contributed by atoms with Gasteiger partial charge in [0.05, 0.1) is 26.0 Å². The van der Waals surface area contributed by atoms with Gasteiger partial charge in [0.2, 0.25) is 0 Å². The molecule has 0 aliphatic rings. The molecule has 0 atom stereocenters. The Morgan fingerprint density at radius 3 is 2.52 bits per heavy atom. The standard InChI is InChI=1S/C14H10Cl2N2O2S/c1-9-6-10(15)11(16)7-14(9)21(19,20)18-8-17-12-4-2-3-5-13(12)18/h2-8H,1H3. The lowest BCUT2D eigenvalue weighted by Gasteiger charge is -2.10. The van der Waals surface area contributed by atoms with Gasteiger partial charge in [-0.25, -0.2) is 17.4 Å². The molecule has 2 aromatic carbocycles. The summed E-state index contributed by atoms with van der Waals surface area (Å²) in [6, 6.07) is 9.92. The molecule has 3 aromatic rings. The van der Waals surface area contributed by atoms with Gasteiger partial charge in [0.15, 0.2) is 0 Å². The Morgan fingerprint density at radius 2 is 1.76 bits per heavy atom. The van der Waals surface area contributed by atoms with E-state index in [9.17, 15) is 8.42 Å². The molecule has 1 heterocycles. The third-order valence-electron chi connectivity index (χ3n) is 3.18. The summed E-state index contributed by atoms with van der Waals surface area (Å²) in [7, 11) is -3.78. The summed E-state index contributed by atoms with van der Waals surface area (Å²) >= 11 is 11.9. The number of imidazole rings is 1. The maximum absolute atomic E-state index is 12.8. The number of hydrogen-bond donors (Lipinski definition) is 0. The minimum atomic E-state index is -3.78. The normalized spacial score (nSPS) is 12.0. The molecule has 3 rings (SSSR count). The Bertz CT molecular complexity index is 949. The fraction of sp³-hybridized carbons (Fsp3) is 0.0714. The smallest absolute Gasteiger partial charge is 0.236 e. The van der Waals surface area contributed by atoms with Gasteiger partial charge in [-0.2, -0.15) is 0 Å². The van der Waals surface area contributed by atoms with Gasteiger partial charge in [-0.1, -0.05) is 35.3 Å². The van der Waals surface area contributed by atoms with E-state index in [-0.39, 0.29) is 9.92 Å². The highest BCUT2D eigenvalue weighted by molar-refractivity contribution is 7.90. The third kappa shape index (κ3) is 2.31. The van der Waals surface area contributed by atoms with E-state index in [1.54, 1.807) is 31.2 Å². The minimum absolute atomic E-state index is 0.111. The molecule has 0 unspecified atom stereocenters. The summed E-state index contributed by atoms with van der Waals surface area (Å²) in [4.78, 5) is 4.22. The molecule has 1 aromatic heterocycles. The van der Waals surface area contributed by atoms with Gasteiger partial charge in [0.1, 0.15) is 6.33 Å². The predicted molar refractivity (Wildman–Crippen MR) is 83.5 cm³/mol. The van der Waals surface area contributed by atoms with Crippen LogP contribution in [0.4, 0.5) is 0 Å². The van der Waals surface area contributed by atoms with Crippen LogP contribution in [0.15, 0.2) is 47.6 Å². The molecule has 0 fully saturated rings. The quantitative estimate of drug-likeness (QED) is 0.711. The van der Waals surface area contributed by atoms with Crippen LogP contribution in [0.1, 0.15) is 5.56 Å². The summed E-state index contributed by atoms with van der Waals surface area (Å²) in [6.45, 7) is 1.67. The molecule has 0 N–H and O–H groups in total. The van der Waals surface area contributed by atoms with Gasteiger partial charge >= 0.3 is 0 Å². The van der Waals surface area contributed by atoms with Gasteiger partial charge in [-0.15, -0.1) is 0 Å². The van der Waals surface area contributed by atoms with Crippen LogP contribution in [-0.4, -0.2) is 17.4 Å². The molecule has 0 spiro atoms. The van der Waals surface area contributed by atoms with Crippen LogP contribution in [-0.2, 0) is 10.0 Å². The average Bonchev–Trinajstić information content (AvgIpc) is 2.87. The fourth-order valence-corrected chi connectivity index (χ4v) is 4.12. The van der Waals surface area contributed by atoms with E-state index in [0.29, 0.717) is 21.6 Å². The van der Waals surface area contributed by atoms with Crippen LogP contribution >= 0.6 is 23.2 Å². The molecule has 0 radical (unpaired) electrons. The molecule has 7 heteroatoms. The second kappa shape index (κ2) is 5.02. The van der Waals surface area contributed by atoms with Gasteiger partial charge < -0.3 is 0 Å². The van der Waals surface area contributed by atoms with Crippen molar-refractivity contribution in [3.63, 3.8) is 0 Å². The fourth-order valence-electron chi connectivity index (χ4n) is 2.14. The number of para-hydroxylation sites is 2. The van der Waals surface area contributed by atoms with Crippen molar-refractivity contribution in [1.82, 2.24) is 8.96 Å². The summed E-state index contributed by atoms with van der Waals surface area (Å²) in [5, 5.41) is 0.522. The van der Waals surface area contributed by atoms with E-state index in [2.05, 4.69) is 4.98 Å². The molecule has 0 bridgehead atoms. The maximum atomic E-state index is 12.8. The summed E-state index contributed by atoms with van der Waals surface area (Å²) < 4.78 is 26.8. The van der Waals surface area contributed by atoms with Gasteiger partial charge in [-0.05, 0) is 36.8 Å². The Hall–Kier alpha value is -1.56. The van der Waals surface area contributed by atoms with Crippen molar-refractivity contribution >= 4 is 44.3 Å². The van der Waals surface area contributed by atoms with Crippen molar-refractivity contribution in [1.29, 1.82) is 0 Å². The molecule has 0 saturated carbocycles. The Morgan fingerprint density at radius 1 is 1.10 bits per heavy atom. The monoisotopic (exact) mass is 340 g/mol. The minimum Gasteiger partial charge on any atom is -0.236 e. The lowest BCUT2D eigenvalue weighted by molar-refractivity contribution is 0.588. The number of fused-ring (bicyclic) bond motifs is 1. The molecule has 21 heavy (non-hydrogen) atoms. The largest absolute Gasteiger partial charge is 0.269 e. The zero-order chi connectivity index (χ0) is 15.2. The van der Waals surface area contributed by atoms with E-state index >= 15 is 0 Å². The van der Waals surface area contributed by atoms with E-state index in [1.807, 2.05) is 0 Å². The molecule has 0 aliphatic heterocycles. The van der Waals surface area contributed by atoms with Gasteiger partial charge in [0.25, 0.3) is 10.0 Å². The molecule has 0 saturated heterocycles. The molecular formula is C14H10Cl2N2O2S. The topological polar surface area (TPSA) is 52.0 Å². The number of hydrogen-bond acceptors (Lipinski definition) is 3. The van der Waals surface area contributed by atoms with Gasteiger partial charge in [-0.3, -0.25) is 0 Å². The van der Waals surface area contributed by atoms with Crippen molar-refractivity contribution in [2.45, 2.75) is 11.8 Å². The highest BCUT2D eigenvalue weighted by atomic mass is 35.5. The molecule has 0 aliphatic carbocycles. The Labute approximate surface area is 132 Å². The van der Waals surface area contributed by atoms with E-state index in [0.717, 1.165) is 3.97 Å². The number of nitrogens with zero attached hydrogens (tertiary/aromatic N) is 2. The Balaban J connectivity index is 2.29. The SMILES string of the molecule is Cc1cc(Cl)c(Cl)cc1S(=O)(=O)n1cnc2ccccc21. The van der Waals surface area contributed by atoms with Crippen molar-refractivity contribution in [3.05, 3.63) is 58.3 Å². The number of rotatable bonds is 2. The van der Waals surface area contributed by atoms with E-state index in [4.69, 9.17) is 23.2 Å². The molecule has 0 amide bonds. The van der Waals surface area contributed by atoms with E-state index in [1.165, 1.54) is 18.5 Å². The van der Waals surface area contributed by atoms with Crippen molar-refractivity contribution < 1.29 is 8.42 Å². The molecule has 4 nitrogen and oxygen atoms in total. The summed E-state index contributed by atoms with van der Waals surface area (Å²) in [6.07, 6.45) is 1.29. The van der Waals surface area contributed by atoms with Crippen molar-refractivity contribution in [3.8, 4) is 0 Å². The highest BCUT2D eigenvalue weighted by Gasteiger charge is 2.22. The third-order valence-corrected chi connectivity index (χ3v) is 5.70. The maximum Gasteiger partial charge on any atom is 0.269 e. The van der Waals surface area contributed by atoms with Crippen LogP contribution < -0.4 is 0 Å². The number of aryl methyl sites for hydroxylation is 1. The zero-order valence-corrected chi connectivity index (χ0v) is 13.2. The first-order chi connectivity index (χ1) is 9.91. The molecule has 108 valence electrons. The second-order valence-electron chi connectivity index (χ2n) is 4.57. The lowest BCUT2D eigenvalue weighted by atomic mass is 10.2. The highest BCUT2D eigenvalue weighted by Crippen LogP contribution is 2.30. The number of benzene rings is 2. The Kier molecular flexibility index (Phi) is 3.43. The predicted octanol–water partition coefficient (Wildman–Crippen LogP) is 3.89. The van der Waals surface area contributed by atoms with Gasteiger partial charge in [0, 0.05) is 0 Å². The zero-order valence-electron chi connectivity index (χ0n) is 10.9. The van der Waals surface area contributed by atoms with Crippen LogP contribution in [0.5, 0.6) is 0 Å².